The van der Waals surface area contributed by atoms with Gasteiger partial charge in [0.15, 0.2) is 0 Å². The number of aliphatic hydroxyl groups is 1. The van der Waals surface area contributed by atoms with Gasteiger partial charge in [-0.15, -0.1) is 0 Å². The minimum Gasteiger partial charge on any atom is -0.386 e. The quantitative estimate of drug-likeness (QED) is 0.675. The van der Waals surface area contributed by atoms with Gasteiger partial charge in [-0.3, -0.25) is 4.79 Å². The number of aromatic nitrogens is 3. The SMILES string of the molecule is CCn1c(C)nc2cc(C(=O)NCC3(O)CCCN(c4ccc(F)cn4)C3)ccc21. The van der Waals surface area contributed by atoms with Crippen LogP contribution in [0.5, 0.6) is 0 Å². The monoisotopic (exact) mass is 411 g/mol. The molecule has 0 radical (unpaired) electrons. The van der Waals surface area contributed by atoms with Gasteiger partial charge < -0.3 is 19.9 Å². The lowest BCUT2D eigenvalue weighted by Gasteiger charge is -2.39. The van der Waals surface area contributed by atoms with Crippen molar-refractivity contribution in [3.8, 4) is 0 Å². The van der Waals surface area contributed by atoms with Gasteiger partial charge in [-0.2, -0.15) is 0 Å². The predicted octanol–water partition coefficient (Wildman–Crippen LogP) is 2.66. The second kappa shape index (κ2) is 8.02. The Morgan fingerprint density at radius 2 is 2.17 bits per heavy atom. The van der Waals surface area contributed by atoms with Crippen LogP contribution >= 0.6 is 0 Å². The number of benzene rings is 1. The first-order valence-corrected chi connectivity index (χ1v) is 10.2. The molecule has 8 heteroatoms. The number of hydrogen-bond acceptors (Lipinski definition) is 5. The van der Waals surface area contributed by atoms with E-state index in [1.165, 1.54) is 12.3 Å². The number of piperidine rings is 1. The van der Waals surface area contributed by atoms with Gasteiger partial charge in [0.2, 0.25) is 0 Å². The first-order valence-electron chi connectivity index (χ1n) is 10.2. The molecule has 158 valence electrons. The number of halogens is 1. The molecule has 3 heterocycles. The molecule has 1 aromatic carbocycles. The fraction of sp³-hybridized carbons (Fsp3) is 0.409. The summed E-state index contributed by atoms with van der Waals surface area (Å²) in [6, 6.07) is 8.43. The predicted molar refractivity (Wildman–Crippen MR) is 113 cm³/mol. The molecule has 7 nitrogen and oxygen atoms in total. The third-order valence-electron chi connectivity index (χ3n) is 5.69. The van der Waals surface area contributed by atoms with Crippen LogP contribution < -0.4 is 10.2 Å². The number of carbonyl (C=O) groups is 1. The van der Waals surface area contributed by atoms with Crippen LogP contribution in [0.1, 0.15) is 35.9 Å². The second-order valence-corrected chi connectivity index (χ2v) is 7.87. The van der Waals surface area contributed by atoms with Crippen LogP contribution in [0.4, 0.5) is 10.2 Å². The minimum absolute atomic E-state index is 0.129. The molecule has 4 rings (SSSR count). The van der Waals surface area contributed by atoms with E-state index < -0.39 is 11.4 Å². The van der Waals surface area contributed by atoms with E-state index in [9.17, 15) is 14.3 Å². The summed E-state index contributed by atoms with van der Waals surface area (Å²) in [5, 5.41) is 13.9. The van der Waals surface area contributed by atoms with Crippen LogP contribution in [0.15, 0.2) is 36.5 Å². The average Bonchev–Trinajstić information content (AvgIpc) is 3.06. The number of carbonyl (C=O) groups excluding carboxylic acids is 1. The fourth-order valence-corrected chi connectivity index (χ4v) is 4.14. The van der Waals surface area contributed by atoms with Crippen molar-refractivity contribution in [3.05, 3.63) is 53.7 Å². The molecule has 1 saturated heterocycles. The summed E-state index contributed by atoms with van der Waals surface area (Å²) in [6.45, 7) is 6.01. The second-order valence-electron chi connectivity index (χ2n) is 7.87. The molecule has 1 unspecified atom stereocenters. The number of nitrogens with one attached hydrogen (secondary N) is 1. The van der Waals surface area contributed by atoms with Crippen LogP contribution in [-0.4, -0.2) is 50.8 Å². The van der Waals surface area contributed by atoms with Crippen LogP contribution in [0.25, 0.3) is 11.0 Å². The highest BCUT2D eigenvalue weighted by Gasteiger charge is 2.34. The van der Waals surface area contributed by atoms with E-state index >= 15 is 0 Å². The summed E-state index contributed by atoms with van der Waals surface area (Å²) in [5.74, 6) is 0.893. The lowest BCUT2D eigenvalue weighted by atomic mass is 9.92. The Kier molecular flexibility index (Phi) is 5.42. The van der Waals surface area contributed by atoms with Gasteiger partial charge in [0.05, 0.1) is 22.8 Å². The van der Waals surface area contributed by atoms with Crippen LogP contribution in [0, 0.1) is 12.7 Å². The maximum absolute atomic E-state index is 13.1. The van der Waals surface area contributed by atoms with Crippen molar-refractivity contribution < 1.29 is 14.3 Å². The van der Waals surface area contributed by atoms with Gasteiger partial charge in [-0.1, -0.05) is 0 Å². The maximum atomic E-state index is 13.1. The Morgan fingerprint density at radius 1 is 1.33 bits per heavy atom. The molecule has 0 bridgehead atoms. The van der Waals surface area contributed by atoms with E-state index in [1.807, 2.05) is 17.9 Å². The largest absolute Gasteiger partial charge is 0.386 e. The van der Waals surface area contributed by atoms with Crippen molar-refractivity contribution in [2.75, 3.05) is 24.5 Å². The number of aryl methyl sites for hydroxylation is 2. The summed E-state index contributed by atoms with van der Waals surface area (Å²) in [6.07, 6.45) is 2.50. The number of amides is 1. The van der Waals surface area contributed by atoms with Gasteiger partial charge in [0.1, 0.15) is 17.5 Å². The number of fused-ring (bicyclic) bond motifs is 1. The number of hydrogen-bond donors (Lipinski definition) is 2. The number of pyridine rings is 1. The maximum Gasteiger partial charge on any atom is 0.251 e. The van der Waals surface area contributed by atoms with Gasteiger partial charge in [-0.05, 0) is 57.0 Å². The zero-order chi connectivity index (χ0) is 21.3. The third kappa shape index (κ3) is 4.00. The number of anilines is 1. The first-order chi connectivity index (χ1) is 14.4. The topological polar surface area (TPSA) is 83.3 Å². The molecular formula is C22H26FN5O2. The van der Waals surface area contributed by atoms with Gasteiger partial charge in [0.25, 0.3) is 5.91 Å². The van der Waals surface area contributed by atoms with E-state index in [-0.39, 0.29) is 12.5 Å². The van der Waals surface area contributed by atoms with Crippen LogP contribution in [0.3, 0.4) is 0 Å². The lowest BCUT2D eigenvalue weighted by Crippen LogP contribution is -2.54. The standard InChI is InChI=1S/C22H26FN5O2/c1-3-28-15(2)26-18-11-16(5-7-19(18)28)21(29)25-13-22(30)9-4-10-27(14-22)20-8-6-17(23)12-24-20/h5-8,11-12,30H,3-4,9-10,13-14H2,1-2H3,(H,25,29). The summed E-state index contributed by atoms with van der Waals surface area (Å²) >= 11 is 0. The Labute approximate surface area is 174 Å². The first kappa shape index (κ1) is 20.3. The minimum atomic E-state index is -1.07. The van der Waals surface area contributed by atoms with Gasteiger partial charge >= 0.3 is 0 Å². The number of imidazole rings is 1. The molecule has 1 aliphatic rings. The molecule has 0 spiro atoms. The molecule has 1 aliphatic heterocycles. The summed E-state index contributed by atoms with van der Waals surface area (Å²) in [4.78, 5) is 23.2. The molecule has 0 aliphatic carbocycles. The molecule has 2 aromatic heterocycles. The number of rotatable bonds is 5. The lowest BCUT2D eigenvalue weighted by molar-refractivity contribution is 0.0254. The van der Waals surface area contributed by atoms with E-state index in [1.54, 1.807) is 18.2 Å². The smallest absolute Gasteiger partial charge is 0.251 e. The van der Waals surface area contributed by atoms with Crippen LogP contribution in [0.2, 0.25) is 0 Å². The molecule has 3 aromatic rings. The molecule has 1 fully saturated rings. The van der Waals surface area contributed by atoms with E-state index in [4.69, 9.17) is 0 Å². The van der Waals surface area contributed by atoms with Crippen molar-refractivity contribution in [2.24, 2.45) is 0 Å². The summed E-state index contributed by atoms with van der Waals surface area (Å²) < 4.78 is 15.2. The van der Waals surface area contributed by atoms with Crippen molar-refractivity contribution in [1.82, 2.24) is 19.9 Å². The average molecular weight is 411 g/mol. The molecule has 1 amide bonds. The van der Waals surface area contributed by atoms with Crippen molar-refractivity contribution in [3.63, 3.8) is 0 Å². The van der Waals surface area contributed by atoms with Crippen molar-refractivity contribution in [1.29, 1.82) is 0 Å². The Morgan fingerprint density at radius 3 is 2.90 bits per heavy atom. The van der Waals surface area contributed by atoms with Crippen molar-refractivity contribution in [2.45, 2.75) is 38.8 Å². The summed E-state index contributed by atoms with van der Waals surface area (Å²) in [7, 11) is 0. The van der Waals surface area contributed by atoms with Crippen LogP contribution in [-0.2, 0) is 6.54 Å². The van der Waals surface area contributed by atoms with Crippen molar-refractivity contribution >= 4 is 22.8 Å². The molecule has 2 N–H and O–H groups in total. The zero-order valence-electron chi connectivity index (χ0n) is 17.2. The van der Waals surface area contributed by atoms with Gasteiger partial charge in [0, 0.05) is 31.7 Å². The molecule has 1 atom stereocenters. The van der Waals surface area contributed by atoms with Gasteiger partial charge in [-0.25, -0.2) is 14.4 Å². The normalized spacial score (nSPS) is 19.3. The van der Waals surface area contributed by atoms with E-state index in [0.29, 0.717) is 24.3 Å². The fourth-order valence-electron chi connectivity index (χ4n) is 4.14. The highest BCUT2D eigenvalue weighted by molar-refractivity contribution is 5.97. The Bertz CT molecular complexity index is 1070. The molecular weight excluding hydrogens is 385 g/mol. The Balaban J connectivity index is 1.43. The van der Waals surface area contributed by atoms with E-state index in [0.717, 1.165) is 36.4 Å². The third-order valence-corrected chi connectivity index (χ3v) is 5.69. The molecule has 0 saturated carbocycles. The number of β-amino-alcohol motifs (C(OH)–C–C–N with tert-alkyl or cyclic N) is 1. The highest BCUT2D eigenvalue weighted by atomic mass is 19.1. The number of nitrogens with zero attached hydrogens (tertiary/aromatic N) is 4. The summed E-state index contributed by atoms with van der Waals surface area (Å²) in [5.41, 5.74) is 1.22. The zero-order valence-corrected chi connectivity index (χ0v) is 17.2. The van der Waals surface area contributed by atoms with E-state index in [2.05, 4.69) is 26.8 Å². The molecule has 30 heavy (non-hydrogen) atoms. The Hall–Kier alpha value is -3.00. The highest BCUT2D eigenvalue weighted by Crippen LogP contribution is 2.25.